The van der Waals surface area contributed by atoms with Crippen LogP contribution in [-0.4, -0.2) is 53.1 Å². The highest BCUT2D eigenvalue weighted by atomic mass is 32.1. The molecule has 0 radical (unpaired) electrons. The third kappa shape index (κ3) is 7.20. The van der Waals surface area contributed by atoms with Crippen molar-refractivity contribution in [2.24, 2.45) is 5.10 Å². The van der Waals surface area contributed by atoms with E-state index in [9.17, 15) is 9.90 Å². The third-order valence-electron chi connectivity index (χ3n) is 6.32. The van der Waals surface area contributed by atoms with Crippen molar-refractivity contribution in [2.45, 2.75) is 19.6 Å². The van der Waals surface area contributed by atoms with Crippen LogP contribution < -0.4 is 25.0 Å². The summed E-state index contributed by atoms with van der Waals surface area (Å²) in [6.07, 6.45) is 2.04. The number of anilines is 1. The molecule has 1 aliphatic rings. The summed E-state index contributed by atoms with van der Waals surface area (Å²) in [5.74, 6) is 1.96. The van der Waals surface area contributed by atoms with E-state index < -0.39 is 6.03 Å². The number of urea groups is 1. The van der Waals surface area contributed by atoms with Crippen LogP contribution in [0.3, 0.4) is 0 Å². The molecule has 13 heteroatoms. The standard InChI is InChI=1S/C30H28N6O5S2/c1-36(2)14-19-3-7-23-27(10-19)43-30(33-23)34-29(38)35-31-13-20-5-6-22(12-24(20)37)39-15-21-16-42-28(32-21)11-18-4-8-25-26(9-18)41-17-40-25/h3-10,12-13,16,37H,11,14-15,17H2,1-2H3,(H2,33,34,35,38)/b31-13+. The van der Waals surface area contributed by atoms with Gasteiger partial charge in [0.1, 0.15) is 18.1 Å². The number of amides is 2. The van der Waals surface area contributed by atoms with Crippen molar-refractivity contribution < 1.29 is 24.1 Å². The number of hydrogen-bond donors (Lipinski definition) is 3. The first-order valence-corrected chi connectivity index (χ1v) is 15.0. The summed E-state index contributed by atoms with van der Waals surface area (Å²) in [6.45, 7) is 1.33. The molecule has 0 saturated heterocycles. The van der Waals surface area contributed by atoms with Gasteiger partial charge in [0.25, 0.3) is 0 Å². The summed E-state index contributed by atoms with van der Waals surface area (Å²) in [7, 11) is 4.03. The number of carbonyl (C=O) groups excluding carboxylic acids is 1. The Hall–Kier alpha value is -4.72. The average Bonchev–Trinajstić information content (AvgIpc) is 3.72. The maximum atomic E-state index is 12.3. The smallest absolute Gasteiger partial charge is 0.341 e. The van der Waals surface area contributed by atoms with E-state index >= 15 is 0 Å². The van der Waals surface area contributed by atoms with E-state index in [0.717, 1.165) is 44.5 Å². The van der Waals surface area contributed by atoms with Crippen LogP contribution in [0.15, 0.2) is 65.1 Å². The number of carbonyl (C=O) groups is 1. The quantitative estimate of drug-likeness (QED) is 0.137. The molecule has 3 heterocycles. The largest absolute Gasteiger partial charge is 0.507 e. The minimum atomic E-state index is -0.538. The number of phenols is 1. The predicted molar refractivity (Wildman–Crippen MR) is 167 cm³/mol. The summed E-state index contributed by atoms with van der Waals surface area (Å²) in [6, 6.07) is 16.2. The molecule has 11 nitrogen and oxygen atoms in total. The van der Waals surface area contributed by atoms with Gasteiger partial charge in [0.05, 0.1) is 27.1 Å². The molecule has 0 fully saturated rings. The van der Waals surface area contributed by atoms with Crippen molar-refractivity contribution in [1.29, 1.82) is 0 Å². The van der Waals surface area contributed by atoms with Gasteiger partial charge in [-0.25, -0.2) is 20.2 Å². The van der Waals surface area contributed by atoms with Gasteiger partial charge in [-0.15, -0.1) is 11.3 Å². The van der Waals surface area contributed by atoms with Crippen molar-refractivity contribution in [2.75, 3.05) is 26.2 Å². The second kappa shape index (κ2) is 12.7. The molecule has 3 aromatic carbocycles. The summed E-state index contributed by atoms with van der Waals surface area (Å²) >= 11 is 2.95. The Morgan fingerprint density at radius 1 is 1.09 bits per heavy atom. The Morgan fingerprint density at radius 2 is 1.95 bits per heavy atom. The summed E-state index contributed by atoms with van der Waals surface area (Å²) in [5, 5.41) is 20.5. The van der Waals surface area contributed by atoms with Gasteiger partial charge < -0.3 is 24.2 Å². The van der Waals surface area contributed by atoms with Gasteiger partial charge >= 0.3 is 6.03 Å². The Balaban J connectivity index is 0.982. The molecule has 6 rings (SSSR count). The fourth-order valence-electron chi connectivity index (χ4n) is 4.37. The normalized spacial score (nSPS) is 12.3. The minimum absolute atomic E-state index is 0.0371. The fraction of sp³-hybridized carbons (Fsp3) is 0.200. The zero-order chi connectivity index (χ0) is 29.8. The van der Waals surface area contributed by atoms with Gasteiger partial charge in [0, 0.05) is 30.0 Å². The maximum absolute atomic E-state index is 12.3. The predicted octanol–water partition coefficient (Wildman–Crippen LogP) is 5.57. The lowest BCUT2D eigenvalue weighted by Crippen LogP contribution is -2.24. The Morgan fingerprint density at radius 3 is 2.81 bits per heavy atom. The monoisotopic (exact) mass is 616 g/mol. The first-order valence-electron chi connectivity index (χ1n) is 13.3. The fourth-order valence-corrected chi connectivity index (χ4v) is 6.11. The molecule has 5 aromatic rings. The number of nitrogens with one attached hydrogen (secondary N) is 2. The van der Waals surface area contributed by atoms with Crippen LogP contribution in [0.4, 0.5) is 9.93 Å². The Bertz CT molecular complexity index is 1800. The van der Waals surface area contributed by atoms with Crippen LogP contribution in [0.25, 0.3) is 10.2 Å². The molecule has 2 aromatic heterocycles. The number of fused-ring (bicyclic) bond motifs is 2. The highest BCUT2D eigenvalue weighted by Crippen LogP contribution is 2.33. The zero-order valence-electron chi connectivity index (χ0n) is 23.4. The van der Waals surface area contributed by atoms with E-state index in [1.165, 1.54) is 29.2 Å². The molecule has 220 valence electrons. The van der Waals surface area contributed by atoms with E-state index in [2.05, 4.69) is 36.8 Å². The molecule has 0 saturated carbocycles. The van der Waals surface area contributed by atoms with Gasteiger partial charge in [-0.3, -0.25) is 5.32 Å². The number of hydrogen-bond acceptors (Lipinski definition) is 11. The number of rotatable bonds is 10. The SMILES string of the molecule is CN(C)Cc1ccc2nc(NC(=O)N/N=C/c3ccc(OCc4csc(Cc5ccc6c(c5)OCO6)n4)cc3O)sc2c1. The van der Waals surface area contributed by atoms with E-state index in [1.807, 2.05) is 49.8 Å². The molecule has 2 amide bonds. The van der Waals surface area contributed by atoms with Crippen LogP contribution in [-0.2, 0) is 19.6 Å². The summed E-state index contributed by atoms with van der Waals surface area (Å²) < 4.78 is 17.6. The minimum Gasteiger partial charge on any atom is -0.507 e. The lowest BCUT2D eigenvalue weighted by atomic mass is 10.1. The van der Waals surface area contributed by atoms with Gasteiger partial charge in [-0.1, -0.05) is 23.5 Å². The van der Waals surface area contributed by atoms with Gasteiger partial charge in [0.2, 0.25) is 6.79 Å². The van der Waals surface area contributed by atoms with Crippen LogP contribution in [0.1, 0.15) is 27.4 Å². The molecular weight excluding hydrogens is 589 g/mol. The van der Waals surface area contributed by atoms with Crippen LogP contribution in [0.2, 0.25) is 0 Å². The molecule has 0 bridgehead atoms. The average molecular weight is 617 g/mol. The lowest BCUT2D eigenvalue weighted by molar-refractivity contribution is 0.174. The Labute approximate surface area is 255 Å². The zero-order valence-corrected chi connectivity index (χ0v) is 25.0. The first kappa shape index (κ1) is 28.4. The molecule has 0 aliphatic carbocycles. The number of aromatic nitrogens is 2. The lowest BCUT2D eigenvalue weighted by Gasteiger charge is -2.08. The maximum Gasteiger partial charge on any atom is 0.341 e. The van der Waals surface area contributed by atoms with Crippen molar-refractivity contribution in [3.05, 3.63) is 87.4 Å². The van der Waals surface area contributed by atoms with E-state index in [1.54, 1.807) is 23.5 Å². The Kier molecular flexibility index (Phi) is 8.36. The highest BCUT2D eigenvalue weighted by Gasteiger charge is 2.14. The van der Waals surface area contributed by atoms with Gasteiger partial charge in [-0.05, 0) is 61.6 Å². The highest BCUT2D eigenvalue weighted by molar-refractivity contribution is 7.22. The number of benzene rings is 3. The van der Waals surface area contributed by atoms with Crippen molar-refractivity contribution in [1.82, 2.24) is 20.3 Å². The second-order valence-electron chi connectivity index (χ2n) is 9.99. The second-order valence-corrected chi connectivity index (χ2v) is 12.0. The molecule has 43 heavy (non-hydrogen) atoms. The number of hydrazone groups is 1. The van der Waals surface area contributed by atoms with E-state index in [0.29, 0.717) is 22.9 Å². The number of nitrogens with zero attached hydrogens (tertiary/aromatic N) is 4. The first-order chi connectivity index (χ1) is 20.9. The van der Waals surface area contributed by atoms with E-state index in [4.69, 9.17) is 14.2 Å². The van der Waals surface area contributed by atoms with Crippen LogP contribution >= 0.6 is 22.7 Å². The molecule has 3 N–H and O–H groups in total. The number of aromatic hydroxyl groups is 1. The number of phenolic OH excluding ortho intramolecular Hbond substituents is 1. The van der Waals surface area contributed by atoms with Crippen molar-refractivity contribution in [3.8, 4) is 23.0 Å². The molecule has 1 aliphatic heterocycles. The van der Waals surface area contributed by atoms with Gasteiger partial charge in [0.15, 0.2) is 16.6 Å². The molecule has 0 atom stereocenters. The van der Waals surface area contributed by atoms with Crippen LogP contribution in [0.5, 0.6) is 23.0 Å². The van der Waals surface area contributed by atoms with E-state index in [-0.39, 0.29) is 19.1 Å². The topological polar surface area (TPSA) is 130 Å². The molecular formula is C30H28N6O5S2. The summed E-state index contributed by atoms with van der Waals surface area (Å²) in [4.78, 5) is 23.5. The number of thiazole rings is 2. The van der Waals surface area contributed by atoms with Crippen molar-refractivity contribution >= 4 is 50.3 Å². The van der Waals surface area contributed by atoms with Crippen LogP contribution in [0, 0.1) is 0 Å². The summed E-state index contributed by atoms with van der Waals surface area (Å²) in [5.41, 5.74) is 6.68. The molecule has 0 spiro atoms. The molecule has 0 unspecified atom stereocenters. The van der Waals surface area contributed by atoms with Crippen molar-refractivity contribution in [3.63, 3.8) is 0 Å². The van der Waals surface area contributed by atoms with Gasteiger partial charge in [-0.2, -0.15) is 5.10 Å². The number of ether oxygens (including phenoxy) is 3. The third-order valence-corrected chi connectivity index (χ3v) is 8.15.